The summed E-state index contributed by atoms with van der Waals surface area (Å²) in [6.45, 7) is 1.61. The molecule has 0 aromatic rings. The van der Waals surface area contributed by atoms with E-state index in [9.17, 15) is 0 Å². The van der Waals surface area contributed by atoms with Crippen LogP contribution in [0.15, 0.2) is 0 Å². The van der Waals surface area contributed by atoms with Gasteiger partial charge in [-0.05, 0) is 6.92 Å². The molecule has 1 saturated heterocycles. The molecule has 0 spiro atoms. The molecule has 1 aliphatic rings. The van der Waals surface area contributed by atoms with Gasteiger partial charge in [0.05, 0.1) is 6.10 Å². The summed E-state index contributed by atoms with van der Waals surface area (Å²) in [6.07, 6.45) is -3.81. The summed E-state index contributed by atoms with van der Waals surface area (Å²) < 4.78 is 4.99. The predicted octanol–water partition coefficient (Wildman–Crippen LogP) is -1.26. The van der Waals surface area contributed by atoms with Gasteiger partial charge in [0, 0.05) is 0 Å². The smallest absolute Gasteiger partial charge is 0.129 e. The molecule has 1 rings (SSSR count). The Balaban J connectivity index is 2.63. The molecule has 5 atom stereocenters. The van der Waals surface area contributed by atoms with Crippen molar-refractivity contribution < 1.29 is 20.1 Å². The Morgan fingerprint density at radius 3 is 2.18 bits per heavy atom. The van der Waals surface area contributed by atoms with Crippen molar-refractivity contribution in [2.45, 2.75) is 36.8 Å². The van der Waals surface area contributed by atoms with E-state index in [0.29, 0.717) is 0 Å². The van der Waals surface area contributed by atoms with Gasteiger partial charge in [0.15, 0.2) is 0 Å². The van der Waals surface area contributed by atoms with E-state index in [1.165, 1.54) is 0 Å². The molecule has 0 aromatic heterocycles. The van der Waals surface area contributed by atoms with Gasteiger partial charge in [0.1, 0.15) is 23.7 Å². The number of rotatable bonds is 0. The molecule has 0 saturated carbocycles. The Morgan fingerprint density at radius 2 is 1.64 bits per heavy atom. The molecule has 0 radical (unpaired) electrons. The van der Waals surface area contributed by atoms with Gasteiger partial charge in [-0.2, -0.15) is 0 Å². The number of thiol groups is 1. The predicted molar refractivity (Wildman–Crippen MR) is 41.3 cm³/mol. The first kappa shape index (κ1) is 9.28. The van der Waals surface area contributed by atoms with Crippen LogP contribution in [0.5, 0.6) is 0 Å². The van der Waals surface area contributed by atoms with Gasteiger partial charge in [-0.25, -0.2) is 0 Å². The molecular weight excluding hydrogens is 168 g/mol. The Bertz CT molecular complexity index is 129. The molecule has 5 unspecified atom stereocenters. The Hall–Kier alpha value is 0.190. The number of ether oxygens (including phenoxy) is 1. The molecule has 1 heterocycles. The van der Waals surface area contributed by atoms with Crippen molar-refractivity contribution >= 4 is 12.6 Å². The molecule has 0 bridgehead atoms. The summed E-state index contributed by atoms with van der Waals surface area (Å²) in [6, 6.07) is 0. The molecule has 0 aromatic carbocycles. The summed E-state index contributed by atoms with van der Waals surface area (Å²) in [5.74, 6) is 0. The highest BCUT2D eigenvalue weighted by Gasteiger charge is 2.39. The highest BCUT2D eigenvalue weighted by atomic mass is 32.1. The van der Waals surface area contributed by atoms with Crippen molar-refractivity contribution in [3.8, 4) is 0 Å². The highest BCUT2D eigenvalue weighted by molar-refractivity contribution is 7.80. The molecule has 5 heteroatoms. The van der Waals surface area contributed by atoms with Gasteiger partial charge in [-0.15, -0.1) is 12.6 Å². The third-order valence-electron chi connectivity index (χ3n) is 1.83. The maximum absolute atomic E-state index is 9.17. The van der Waals surface area contributed by atoms with Crippen LogP contribution >= 0.6 is 12.6 Å². The van der Waals surface area contributed by atoms with E-state index in [0.717, 1.165) is 0 Å². The van der Waals surface area contributed by atoms with E-state index in [1.807, 2.05) is 0 Å². The SMILES string of the molecule is CC1OC(S)C(O)C(O)C1O. The second-order valence-electron chi connectivity index (χ2n) is 2.70. The van der Waals surface area contributed by atoms with Crippen LogP contribution < -0.4 is 0 Å². The van der Waals surface area contributed by atoms with Gasteiger partial charge in [-0.1, -0.05) is 0 Å². The molecule has 0 amide bonds. The zero-order chi connectivity index (χ0) is 8.59. The summed E-state index contributed by atoms with van der Waals surface area (Å²) in [5.41, 5.74) is -0.719. The van der Waals surface area contributed by atoms with Gasteiger partial charge < -0.3 is 20.1 Å². The summed E-state index contributed by atoms with van der Waals surface area (Å²) >= 11 is 3.87. The zero-order valence-electron chi connectivity index (χ0n) is 6.08. The van der Waals surface area contributed by atoms with Crippen molar-refractivity contribution in [1.82, 2.24) is 0 Å². The van der Waals surface area contributed by atoms with Crippen LogP contribution in [-0.4, -0.2) is 45.2 Å². The molecule has 66 valence electrons. The lowest BCUT2D eigenvalue weighted by Crippen LogP contribution is -2.54. The fraction of sp³-hybridized carbons (Fsp3) is 1.00. The third-order valence-corrected chi connectivity index (χ3v) is 2.25. The van der Waals surface area contributed by atoms with Crippen LogP contribution in [0.2, 0.25) is 0 Å². The number of hydrogen-bond donors (Lipinski definition) is 4. The van der Waals surface area contributed by atoms with Crippen LogP contribution in [0, 0.1) is 0 Å². The average molecular weight is 180 g/mol. The van der Waals surface area contributed by atoms with E-state index >= 15 is 0 Å². The number of hydrogen-bond acceptors (Lipinski definition) is 5. The molecule has 3 N–H and O–H groups in total. The quantitative estimate of drug-likeness (QED) is 0.351. The third kappa shape index (κ3) is 1.68. The molecule has 0 aliphatic carbocycles. The van der Waals surface area contributed by atoms with Crippen LogP contribution in [0.1, 0.15) is 6.92 Å². The van der Waals surface area contributed by atoms with Crippen molar-refractivity contribution in [3.05, 3.63) is 0 Å². The Labute approximate surface area is 70.2 Å². The minimum atomic E-state index is -1.17. The molecule has 1 aliphatic heterocycles. The summed E-state index contributed by atoms with van der Waals surface area (Å²) in [7, 11) is 0. The lowest BCUT2D eigenvalue weighted by Gasteiger charge is -2.37. The van der Waals surface area contributed by atoms with Gasteiger partial charge in [0.2, 0.25) is 0 Å². The first-order valence-corrected chi connectivity index (χ1v) is 3.93. The van der Waals surface area contributed by atoms with Gasteiger partial charge in [-0.3, -0.25) is 0 Å². The van der Waals surface area contributed by atoms with E-state index < -0.39 is 29.9 Å². The van der Waals surface area contributed by atoms with Crippen LogP contribution in [0.3, 0.4) is 0 Å². The highest BCUT2D eigenvalue weighted by Crippen LogP contribution is 2.22. The largest absolute Gasteiger partial charge is 0.388 e. The monoisotopic (exact) mass is 180 g/mol. The molecule has 11 heavy (non-hydrogen) atoms. The van der Waals surface area contributed by atoms with Crippen molar-refractivity contribution in [1.29, 1.82) is 0 Å². The maximum Gasteiger partial charge on any atom is 0.129 e. The van der Waals surface area contributed by atoms with Crippen molar-refractivity contribution in [2.75, 3.05) is 0 Å². The Morgan fingerprint density at radius 1 is 1.09 bits per heavy atom. The first-order chi connectivity index (χ1) is 5.04. The van der Waals surface area contributed by atoms with E-state index in [1.54, 1.807) is 6.92 Å². The minimum absolute atomic E-state index is 0.490. The minimum Gasteiger partial charge on any atom is -0.388 e. The maximum atomic E-state index is 9.17. The second kappa shape index (κ2) is 3.28. The van der Waals surface area contributed by atoms with Crippen LogP contribution in [0.25, 0.3) is 0 Å². The van der Waals surface area contributed by atoms with Crippen molar-refractivity contribution in [3.63, 3.8) is 0 Å². The van der Waals surface area contributed by atoms with E-state index in [-0.39, 0.29) is 0 Å². The van der Waals surface area contributed by atoms with Gasteiger partial charge >= 0.3 is 0 Å². The first-order valence-electron chi connectivity index (χ1n) is 3.41. The lowest BCUT2D eigenvalue weighted by molar-refractivity contribution is -0.191. The fourth-order valence-electron chi connectivity index (χ4n) is 1.03. The summed E-state index contributed by atoms with van der Waals surface area (Å²) in [4.78, 5) is 0. The summed E-state index contributed by atoms with van der Waals surface area (Å²) in [5, 5.41) is 27.4. The molecule has 4 nitrogen and oxygen atoms in total. The fourth-order valence-corrected chi connectivity index (χ4v) is 1.40. The van der Waals surface area contributed by atoms with E-state index in [4.69, 9.17) is 20.1 Å². The molecular formula is C6H12O4S. The van der Waals surface area contributed by atoms with Gasteiger partial charge in [0.25, 0.3) is 0 Å². The normalized spacial score (nSPS) is 52.6. The van der Waals surface area contributed by atoms with Crippen LogP contribution in [-0.2, 0) is 4.74 Å². The van der Waals surface area contributed by atoms with Crippen LogP contribution in [0.4, 0.5) is 0 Å². The Kier molecular flexibility index (Phi) is 2.77. The lowest BCUT2D eigenvalue weighted by atomic mass is 10.0. The average Bonchev–Trinajstić information content (AvgIpc) is 1.97. The van der Waals surface area contributed by atoms with E-state index in [2.05, 4.69) is 12.6 Å². The topological polar surface area (TPSA) is 69.9 Å². The van der Waals surface area contributed by atoms with Crippen molar-refractivity contribution in [2.24, 2.45) is 0 Å². The standard InChI is InChI=1S/C6H12O4S/c1-2-3(7)4(8)5(9)6(11)10-2/h2-9,11H,1H3. The second-order valence-corrected chi connectivity index (χ2v) is 3.21. The number of aliphatic hydroxyl groups is 3. The zero-order valence-corrected chi connectivity index (χ0v) is 6.98. The number of aliphatic hydroxyl groups excluding tert-OH is 3. The molecule has 1 fully saturated rings.